The highest BCUT2D eigenvalue weighted by Crippen LogP contribution is 2.33. The SMILES string of the molecule is CNCCN1C(=O)CC[C@H]2CN(c3ncnc4nc[nH]c34)CC[C@H]21.Cl.Cl. The van der Waals surface area contributed by atoms with E-state index in [1.165, 1.54) is 0 Å². The van der Waals surface area contributed by atoms with Crippen LogP contribution in [-0.2, 0) is 4.79 Å². The zero-order chi connectivity index (χ0) is 16.5. The molecular formula is C16H25Cl2N7O. The number of aromatic amines is 1. The molecule has 0 bridgehead atoms. The summed E-state index contributed by atoms with van der Waals surface area (Å²) in [6.07, 6.45) is 5.84. The van der Waals surface area contributed by atoms with Gasteiger partial charge in [-0.2, -0.15) is 0 Å². The molecule has 0 unspecified atom stereocenters. The first-order valence-electron chi connectivity index (χ1n) is 8.61. The highest BCUT2D eigenvalue weighted by Gasteiger charge is 2.39. The van der Waals surface area contributed by atoms with Crippen LogP contribution in [-0.4, -0.2) is 70.0 Å². The van der Waals surface area contributed by atoms with Gasteiger partial charge in [-0.15, -0.1) is 24.8 Å². The van der Waals surface area contributed by atoms with E-state index in [1.54, 1.807) is 12.7 Å². The summed E-state index contributed by atoms with van der Waals surface area (Å²) in [5, 5.41) is 3.15. The molecule has 26 heavy (non-hydrogen) atoms. The van der Waals surface area contributed by atoms with Crippen molar-refractivity contribution in [3.63, 3.8) is 0 Å². The summed E-state index contributed by atoms with van der Waals surface area (Å²) in [6, 6.07) is 0.356. The molecule has 4 heterocycles. The second-order valence-electron chi connectivity index (χ2n) is 6.59. The number of hydrogen-bond acceptors (Lipinski definition) is 6. The minimum absolute atomic E-state index is 0. The predicted molar refractivity (Wildman–Crippen MR) is 105 cm³/mol. The van der Waals surface area contributed by atoms with Crippen molar-refractivity contribution >= 4 is 47.7 Å². The summed E-state index contributed by atoms with van der Waals surface area (Å²) < 4.78 is 0. The summed E-state index contributed by atoms with van der Waals surface area (Å²) in [6.45, 7) is 3.48. The van der Waals surface area contributed by atoms with E-state index >= 15 is 0 Å². The van der Waals surface area contributed by atoms with Gasteiger partial charge in [-0.1, -0.05) is 0 Å². The maximum absolute atomic E-state index is 12.3. The number of piperidine rings is 2. The molecule has 0 saturated carbocycles. The Morgan fingerprint density at radius 3 is 2.92 bits per heavy atom. The number of imidazole rings is 1. The van der Waals surface area contributed by atoms with Gasteiger partial charge in [0.25, 0.3) is 0 Å². The number of amides is 1. The van der Waals surface area contributed by atoms with E-state index in [0.717, 1.165) is 50.4 Å². The zero-order valence-electron chi connectivity index (χ0n) is 14.7. The van der Waals surface area contributed by atoms with Crippen LogP contribution in [0.15, 0.2) is 12.7 Å². The lowest BCUT2D eigenvalue weighted by Gasteiger charge is -2.47. The fraction of sp³-hybridized carbons (Fsp3) is 0.625. The number of halogens is 2. The van der Waals surface area contributed by atoms with E-state index in [4.69, 9.17) is 0 Å². The van der Waals surface area contributed by atoms with Gasteiger partial charge < -0.3 is 20.1 Å². The monoisotopic (exact) mass is 401 g/mol. The van der Waals surface area contributed by atoms with Crippen LogP contribution >= 0.6 is 24.8 Å². The van der Waals surface area contributed by atoms with Crippen LogP contribution in [0.3, 0.4) is 0 Å². The molecule has 2 aromatic heterocycles. The number of likely N-dealkylation sites (tertiary alicyclic amines) is 1. The van der Waals surface area contributed by atoms with Crippen molar-refractivity contribution in [3.8, 4) is 0 Å². The van der Waals surface area contributed by atoms with E-state index in [-0.39, 0.29) is 24.8 Å². The summed E-state index contributed by atoms with van der Waals surface area (Å²) >= 11 is 0. The lowest BCUT2D eigenvalue weighted by Crippen LogP contribution is -2.57. The first-order valence-corrected chi connectivity index (χ1v) is 8.61. The summed E-state index contributed by atoms with van der Waals surface area (Å²) in [5.41, 5.74) is 1.60. The van der Waals surface area contributed by atoms with Crippen molar-refractivity contribution in [1.29, 1.82) is 0 Å². The van der Waals surface area contributed by atoms with Gasteiger partial charge in [-0.3, -0.25) is 4.79 Å². The van der Waals surface area contributed by atoms with E-state index in [9.17, 15) is 4.79 Å². The molecule has 0 aromatic carbocycles. The van der Waals surface area contributed by atoms with Gasteiger partial charge in [0.05, 0.1) is 6.33 Å². The number of anilines is 1. The second kappa shape index (κ2) is 8.83. The van der Waals surface area contributed by atoms with Crippen LogP contribution in [0.2, 0.25) is 0 Å². The Hall–Kier alpha value is -1.64. The third-order valence-electron chi connectivity index (χ3n) is 5.25. The third-order valence-corrected chi connectivity index (χ3v) is 5.25. The lowest BCUT2D eigenvalue weighted by atomic mass is 9.83. The van der Waals surface area contributed by atoms with Gasteiger partial charge in [0.2, 0.25) is 5.91 Å². The Morgan fingerprint density at radius 1 is 1.27 bits per heavy atom. The molecule has 8 nitrogen and oxygen atoms in total. The van der Waals surface area contributed by atoms with Crippen molar-refractivity contribution in [3.05, 3.63) is 12.7 Å². The smallest absolute Gasteiger partial charge is 0.222 e. The van der Waals surface area contributed by atoms with E-state index < -0.39 is 0 Å². The van der Waals surface area contributed by atoms with Crippen LogP contribution in [0, 0.1) is 5.92 Å². The molecule has 2 aliphatic rings. The van der Waals surface area contributed by atoms with Crippen LogP contribution < -0.4 is 10.2 Å². The number of carbonyl (C=O) groups excluding carboxylic acids is 1. The van der Waals surface area contributed by atoms with Gasteiger partial charge >= 0.3 is 0 Å². The van der Waals surface area contributed by atoms with Gasteiger partial charge in [-0.05, 0) is 25.8 Å². The van der Waals surface area contributed by atoms with Crippen molar-refractivity contribution < 1.29 is 4.79 Å². The number of rotatable bonds is 4. The lowest BCUT2D eigenvalue weighted by molar-refractivity contribution is -0.139. The summed E-state index contributed by atoms with van der Waals surface area (Å²) in [5.74, 6) is 1.73. The molecule has 0 aliphatic carbocycles. The molecule has 2 aromatic rings. The van der Waals surface area contributed by atoms with E-state index in [1.807, 2.05) is 7.05 Å². The minimum atomic E-state index is 0. The molecule has 2 fully saturated rings. The largest absolute Gasteiger partial charge is 0.354 e. The highest BCUT2D eigenvalue weighted by atomic mass is 35.5. The zero-order valence-corrected chi connectivity index (χ0v) is 16.4. The number of likely N-dealkylation sites (N-methyl/N-ethyl adjacent to an activating group) is 1. The highest BCUT2D eigenvalue weighted by molar-refractivity contribution is 5.85. The van der Waals surface area contributed by atoms with Crippen LogP contribution in [0.1, 0.15) is 19.3 Å². The Labute approximate surface area is 165 Å². The van der Waals surface area contributed by atoms with Crippen molar-refractivity contribution in [2.24, 2.45) is 5.92 Å². The fourth-order valence-electron chi connectivity index (χ4n) is 4.06. The summed E-state index contributed by atoms with van der Waals surface area (Å²) in [7, 11) is 1.93. The van der Waals surface area contributed by atoms with E-state index in [2.05, 4.69) is 35.1 Å². The topological polar surface area (TPSA) is 90.0 Å². The Kier molecular flexibility index (Phi) is 7.02. The molecule has 0 radical (unpaired) electrons. The molecule has 4 rings (SSSR count). The standard InChI is InChI=1S/C16H23N7O.2ClH/c1-17-5-7-23-12-4-6-22(8-11(12)2-3-13(23)24)16-14-15(19-9-18-14)20-10-21-16;;/h9-12,17H,2-8H2,1H3,(H,18,19,20,21);2*1H/t11-,12+;;/m0../s1. The first kappa shape index (κ1) is 20.7. The molecular weight excluding hydrogens is 377 g/mol. The number of H-pyrrole nitrogens is 1. The van der Waals surface area contributed by atoms with Gasteiger partial charge in [-0.25, -0.2) is 15.0 Å². The molecule has 2 N–H and O–H groups in total. The maximum atomic E-state index is 12.3. The number of hydrogen-bond donors (Lipinski definition) is 2. The molecule has 2 saturated heterocycles. The average molecular weight is 402 g/mol. The van der Waals surface area contributed by atoms with Gasteiger partial charge in [0, 0.05) is 38.6 Å². The maximum Gasteiger partial charge on any atom is 0.222 e. The van der Waals surface area contributed by atoms with Gasteiger partial charge in [0.15, 0.2) is 11.5 Å². The number of fused-ring (bicyclic) bond motifs is 2. The van der Waals surface area contributed by atoms with E-state index in [0.29, 0.717) is 29.9 Å². The van der Waals surface area contributed by atoms with Gasteiger partial charge in [0.1, 0.15) is 11.8 Å². The van der Waals surface area contributed by atoms with Crippen molar-refractivity contribution in [2.45, 2.75) is 25.3 Å². The number of nitrogens with one attached hydrogen (secondary N) is 2. The Morgan fingerprint density at radius 2 is 2.12 bits per heavy atom. The predicted octanol–water partition coefficient (Wildman–Crippen LogP) is 1.23. The molecule has 2 atom stereocenters. The van der Waals surface area contributed by atoms with Crippen molar-refractivity contribution in [2.75, 3.05) is 38.1 Å². The van der Waals surface area contributed by atoms with Crippen LogP contribution in [0.25, 0.3) is 11.2 Å². The molecule has 0 spiro atoms. The van der Waals surface area contributed by atoms with Crippen LogP contribution in [0.5, 0.6) is 0 Å². The summed E-state index contributed by atoms with van der Waals surface area (Å²) in [4.78, 5) is 32.7. The fourth-order valence-corrected chi connectivity index (χ4v) is 4.06. The molecule has 10 heteroatoms. The molecule has 2 aliphatic heterocycles. The Bertz CT molecular complexity index is 740. The molecule has 144 valence electrons. The number of nitrogens with zero attached hydrogens (tertiary/aromatic N) is 5. The van der Waals surface area contributed by atoms with Crippen molar-refractivity contribution in [1.82, 2.24) is 30.2 Å². The number of carbonyl (C=O) groups is 1. The average Bonchev–Trinajstić information content (AvgIpc) is 3.09. The minimum Gasteiger partial charge on any atom is -0.354 e. The third kappa shape index (κ3) is 3.72. The molecule has 1 amide bonds. The number of aromatic nitrogens is 4. The van der Waals surface area contributed by atoms with Crippen LogP contribution in [0.4, 0.5) is 5.82 Å². The normalized spacial score (nSPS) is 22.6. The second-order valence-corrected chi connectivity index (χ2v) is 6.59. The Balaban J connectivity index is 0.00000121. The first-order chi connectivity index (χ1) is 11.8. The quantitative estimate of drug-likeness (QED) is 0.800.